The Labute approximate surface area is 148 Å². The minimum atomic E-state index is -0.308. The number of thiazole rings is 1. The monoisotopic (exact) mass is 358 g/mol. The SMILES string of the molecule is O=C(CSc1nc(-c2ccccc2)cs1)NCc1ccccc1F. The molecule has 2 aromatic carbocycles. The highest BCUT2D eigenvalue weighted by molar-refractivity contribution is 8.01. The summed E-state index contributed by atoms with van der Waals surface area (Å²) in [6.07, 6.45) is 0. The molecule has 3 nitrogen and oxygen atoms in total. The molecule has 0 aliphatic carbocycles. The van der Waals surface area contributed by atoms with Crippen molar-refractivity contribution in [1.82, 2.24) is 10.3 Å². The normalized spacial score (nSPS) is 10.5. The van der Waals surface area contributed by atoms with E-state index in [2.05, 4.69) is 10.3 Å². The van der Waals surface area contributed by atoms with Crippen molar-refractivity contribution < 1.29 is 9.18 Å². The first-order valence-electron chi connectivity index (χ1n) is 7.36. The van der Waals surface area contributed by atoms with Crippen LogP contribution in [0.3, 0.4) is 0 Å². The minimum absolute atomic E-state index is 0.139. The zero-order chi connectivity index (χ0) is 16.8. The molecule has 0 saturated carbocycles. The average molecular weight is 358 g/mol. The van der Waals surface area contributed by atoms with E-state index in [4.69, 9.17) is 0 Å². The Morgan fingerprint density at radius 3 is 2.67 bits per heavy atom. The van der Waals surface area contributed by atoms with E-state index < -0.39 is 0 Å². The highest BCUT2D eigenvalue weighted by atomic mass is 32.2. The molecule has 1 N–H and O–H groups in total. The molecule has 0 aliphatic heterocycles. The topological polar surface area (TPSA) is 42.0 Å². The van der Waals surface area contributed by atoms with Crippen molar-refractivity contribution in [3.63, 3.8) is 0 Å². The predicted octanol–water partition coefficient (Wildman–Crippen LogP) is 4.36. The summed E-state index contributed by atoms with van der Waals surface area (Å²) in [5.74, 6) is -0.187. The van der Waals surface area contributed by atoms with Gasteiger partial charge in [0.2, 0.25) is 5.91 Å². The number of aromatic nitrogens is 1. The molecule has 0 aliphatic rings. The van der Waals surface area contributed by atoms with Crippen LogP contribution in [0.4, 0.5) is 4.39 Å². The third kappa shape index (κ3) is 4.43. The quantitative estimate of drug-likeness (QED) is 0.666. The maximum atomic E-state index is 13.5. The van der Waals surface area contributed by atoms with E-state index in [0.29, 0.717) is 5.56 Å². The summed E-state index contributed by atoms with van der Waals surface area (Å²) in [5.41, 5.74) is 2.45. The van der Waals surface area contributed by atoms with Crippen LogP contribution in [0.25, 0.3) is 11.3 Å². The Morgan fingerprint density at radius 1 is 1.12 bits per heavy atom. The van der Waals surface area contributed by atoms with Crippen molar-refractivity contribution in [2.75, 3.05) is 5.75 Å². The molecule has 3 rings (SSSR count). The number of halogens is 1. The second-order valence-electron chi connectivity index (χ2n) is 5.02. The second-order valence-corrected chi connectivity index (χ2v) is 7.10. The van der Waals surface area contributed by atoms with E-state index in [9.17, 15) is 9.18 Å². The fraction of sp³-hybridized carbons (Fsp3) is 0.111. The molecule has 0 unspecified atom stereocenters. The van der Waals surface area contributed by atoms with E-state index >= 15 is 0 Å². The molecule has 1 amide bonds. The first-order valence-corrected chi connectivity index (χ1v) is 9.23. The fourth-order valence-electron chi connectivity index (χ4n) is 2.08. The lowest BCUT2D eigenvalue weighted by molar-refractivity contribution is -0.118. The van der Waals surface area contributed by atoms with Gasteiger partial charge in [-0.25, -0.2) is 9.37 Å². The van der Waals surface area contributed by atoms with E-state index in [-0.39, 0.29) is 24.0 Å². The number of carbonyl (C=O) groups excluding carboxylic acids is 1. The van der Waals surface area contributed by atoms with Gasteiger partial charge in [0.15, 0.2) is 4.34 Å². The molecular formula is C18H15FN2OS2. The molecule has 24 heavy (non-hydrogen) atoms. The maximum absolute atomic E-state index is 13.5. The van der Waals surface area contributed by atoms with Gasteiger partial charge in [0.25, 0.3) is 0 Å². The van der Waals surface area contributed by atoms with E-state index in [0.717, 1.165) is 15.6 Å². The number of carbonyl (C=O) groups is 1. The van der Waals surface area contributed by atoms with Crippen LogP contribution in [0.5, 0.6) is 0 Å². The van der Waals surface area contributed by atoms with Gasteiger partial charge < -0.3 is 5.32 Å². The molecule has 0 spiro atoms. The first-order chi connectivity index (χ1) is 11.7. The van der Waals surface area contributed by atoms with Crippen molar-refractivity contribution in [3.8, 4) is 11.3 Å². The Balaban J connectivity index is 1.50. The summed E-state index contributed by atoms with van der Waals surface area (Å²) in [6.45, 7) is 0.194. The van der Waals surface area contributed by atoms with Crippen LogP contribution in [0, 0.1) is 5.82 Å². The lowest BCUT2D eigenvalue weighted by Crippen LogP contribution is -2.24. The second kappa shape index (κ2) is 8.08. The van der Waals surface area contributed by atoms with Gasteiger partial charge >= 0.3 is 0 Å². The maximum Gasteiger partial charge on any atom is 0.230 e. The lowest BCUT2D eigenvalue weighted by Gasteiger charge is -2.05. The first kappa shape index (κ1) is 16.7. The van der Waals surface area contributed by atoms with E-state index in [1.54, 1.807) is 18.2 Å². The summed E-state index contributed by atoms with van der Waals surface area (Å²) < 4.78 is 14.3. The van der Waals surface area contributed by atoms with Crippen LogP contribution < -0.4 is 5.32 Å². The van der Waals surface area contributed by atoms with Crippen LogP contribution in [0.1, 0.15) is 5.56 Å². The van der Waals surface area contributed by atoms with Gasteiger partial charge in [0.05, 0.1) is 11.4 Å². The third-order valence-corrected chi connectivity index (χ3v) is 5.33. The molecule has 122 valence electrons. The Bertz CT molecular complexity index is 821. The van der Waals surface area contributed by atoms with Gasteiger partial charge in [-0.15, -0.1) is 11.3 Å². The smallest absolute Gasteiger partial charge is 0.230 e. The zero-order valence-corrected chi connectivity index (χ0v) is 14.4. The highest BCUT2D eigenvalue weighted by Gasteiger charge is 2.08. The van der Waals surface area contributed by atoms with Crippen LogP contribution in [-0.2, 0) is 11.3 Å². The molecule has 0 atom stereocenters. The van der Waals surface area contributed by atoms with Gasteiger partial charge in [-0.3, -0.25) is 4.79 Å². The minimum Gasteiger partial charge on any atom is -0.351 e. The van der Waals surface area contributed by atoms with Crippen molar-refractivity contribution in [1.29, 1.82) is 0 Å². The Hall–Kier alpha value is -2.18. The Kier molecular flexibility index (Phi) is 5.61. The van der Waals surface area contributed by atoms with Crippen LogP contribution >= 0.6 is 23.1 Å². The average Bonchev–Trinajstić information content (AvgIpc) is 3.09. The zero-order valence-electron chi connectivity index (χ0n) is 12.7. The molecule has 1 aromatic heterocycles. The number of thioether (sulfide) groups is 1. The predicted molar refractivity (Wildman–Crippen MR) is 96.5 cm³/mol. The van der Waals surface area contributed by atoms with Crippen molar-refractivity contribution in [3.05, 3.63) is 71.4 Å². The fourth-order valence-corrected chi connectivity index (χ4v) is 3.74. The van der Waals surface area contributed by atoms with Crippen LogP contribution in [0.15, 0.2) is 64.3 Å². The summed E-state index contributed by atoms with van der Waals surface area (Å²) in [5, 5.41) is 4.71. The summed E-state index contributed by atoms with van der Waals surface area (Å²) in [6, 6.07) is 16.3. The summed E-state index contributed by atoms with van der Waals surface area (Å²) >= 11 is 2.90. The van der Waals surface area contributed by atoms with Crippen molar-refractivity contribution >= 4 is 29.0 Å². The highest BCUT2D eigenvalue weighted by Crippen LogP contribution is 2.27. The van der Waals surface area contributed by atoms with Crippen LogP contribution in [-0.4, -0.2) is 16.6 Å². The number of benzene rings is 2. The molecule has 0 bridgehead atoms. The standard InChI is InChI=1S/C18H15FN2OS2/c19-15-9-5-4-8-14(15)10-20-17(22)12-24-18-21-16(11-23-18)13-6-2-1-3-7-13/h1-9,11H,10,12H2,(H,20,22). The number of hydrogen-bond acceptors (Lipinski definition) is 4. The molecule has 0 fully saturated rings. The van der Waals surface area contributed by atoms with Crippen LogP contribution in [0.2, 0.25) is 0 Å². The number of amides is 1. The van der Waals surface area contributed by atoms with E-state index in [1.807, 2.05) is 35.7 Å². The number of nitrogens with one attached hydrogen (secondary N) is 1. The molecule has 1 heterocycles. The number of nitrogens with zero attached hydrogens (tertiary/aromatic N) is 1. The van der Waals surface area contributed by atoms with Gasteiger partial charge in [0, 0.05) is 23.1 Å². The largest absolute Gasteiger partial charge is 0.351 e. The lowest BCUT2D eigenvalue weighted by atomic mass is 10.2. The van der Waals surface area contributed by atoms with Gasteiger partial charge in [-0.05, 0) is 6.07 Å². The third-order valence-electron chi connectivity index (χ3n) is 3.31. The van der Waals surface area contributed by atoms with Crippen molar-refractivity contribution in [2.24, 2.45) is 0 Å². The van der Waals surface area contributed by atoms with Gasteiger partial charge in [0.1, 0.15) is 5.82 Å². The molecule has 3 aromatic rings. The number of hydrogen-bond donors (Lipinski definition) is 1. The number of rotatable bonds is 6. The summed E-state index contributed by atoms with van der Waals surface area (Å²) in [7, 11) is 0. The molecule has 0 saturated heterocycles. The van der Waals surface area contributed by atoms with Gasteiger partial charge in [-0.2, -0.15) is 0 Å². The van der Waals surface area contributed by atoms with E-state index in [1.165, 1.54) is 29.2 Å². The molecule has 0 radical (unpaired) electrons. The molecular weight excluding hydrogens is 343 g/mol. The Morgan fingerprint density at radius 2 is 1.88 bits per heavy atom. The molecule has 6 heteroatoms. The van der Waals surface area contributed by atoms with Crippen molar-refractivity contribution in [2.45, 2.75) is 10.9 Å². The van der Waals surface area contributed by atoms with Gasteiger partial charge in [-0.1, -0.05) is 60.3 Å². The summed E-state index contributed by atoms with van der Waals surface area (Å²) in [4.78, 5) is 16.4.